The molecule has 0 saturated carbocycles. The summed E-state index contributed by atoms with van der Waals surface area (Å²) in [5.41, 5.74) is 1.81. The maximum atomic E-state index is 13.2. The van der Waals surface area contributed by atoms with Crippen molar-refractivity contribution < 1.29 is 19.4 Å². The summed E-state index contributed by atoms with van der Waals surface area (Å²) in [6.07, 6.45) is 0. The van der Waals surface area contributed by atoms with Crippen LogP contribution in [0.25, 0.3) is 5.76 Å². The predicted octanol–water partition coefficient (Wildman–Crippen LogP) is 5.22. The molecular weight excluding hydrogens is 448 g/mol. The summed E-state index contributed by atoms with van der Waals surface area (Å²) in [7, 11) is 1.42. The van der Waals surface area contributed by atoms with Gasteiger partial charge in [-0.2, -0.15) is 5.26 Å². The molecular formula is C24H17ClN2O4S. The number of nitrogens with zero attached hydrogens (tertiary/aromatic N) is 2. The molecule has 32 heavy (non-hydrogen) atoms. The monoisotopic (exact) mass is 464 g/mol. The summed E-state index contributed by atoms with van der Waals surface area (Å²) in [5, 5.41) is 22.5. The molecule has 1 aliphatic heterocycles. The van der Waals surface area contributed by atoms with Gasteiger partial charge in [0.15, 0.2) is 0 Å². The van der Waals surface area contributed by atoms with Crippen molar-refractivity contribution in [3.63, 3.8) is 0 Å². The van der Waals surface area contributed by atoms with E-state index in [1.165, 1.54) is 23.3 Å². The molecule has 1 atom stereocenters. The molecule has 1 saturated heterocycles. The molecule has 1 aromatic heterocycles. The fourth-order valence-corrected chi connectivity index (χ4v) is 4.94. The molecule has 4 rings (SSSR count). The number of hydrogen-bond donors (Lipinski definition) is 1. The first kappa shape index (κ1) is 21.6. The van der Waals surface area contributed by atoms with Crippen molar-refractivity contribution in [3.05, 3.63) is 86.1 Å². The summed E-state index contributed by atoms with van der Waals surface area (Å²) < 4.78 is 5.37. The summed E-state index contributed by atoms with van der Waals surface area (Å²) in [6, 6.07) is 14.5. The molecule has 2 aromatic carbocycles. The molecule has 0 spiro atoms. The molecule has 0 aliphatic carbocycles. The third kappa shape index (κ3) is 3.54. The first-order chi connectivity index (χ1) is 15.4. The number of anilines is 1. The average molecular weight is 465 g/mol. The van der Waals surface area contributed by atoms with E-state index in [1.54, 1.807) is 49.4 Å². The Morgan fingerprint density at radius 2 is 1.94 bits per heavy atom. The predicted molar refractivity (Wildman–Crippen MR) is 123 cm³/mol. The van der Waals surface area contributed by atoms with Crippen LogP contribution in [0.1, 0.15) is 27.6 Å². The number of carbonyl (C=O) groups excluding carboxylic acids is 2. The number of Topliss-reactive ketones (excluding diaryl/α,β-unsaturated/α-hetero) is 1. The zero-order chi connectivity index (χ0) is 23.0. The molecule has 1 N–H and O–H groups in total. The minimum atomic E-state index is -0.841. The Labute approximate surface area is 193 Å². The van der Waals surface area contributed by atoms with E-state index in [4.69, 9.17) is 21.6 Å². The van der Waals surface area contributed by atoms with Crippen LogP contribution in [-0.2, 0) is 9.59 Å². The number of hydrogen-bond acceptors (Lipinski definition) is 6. The van der Waals surface area contributed by atoms with E-state index in [0.717, 1.165) is 5.56 Å². The van der Waals surface area contributed by atoms with E-state index in [-0.39, 0.29) is 27.7 Å². The number of halogens is 1. The molecule has 6 nitrogen and oxygen atoms in total. The average Bonchev–Trinajstić information content (AvgIpc) is 3.40. The van der Waals surface area contributed by atoms with Crippen LogP contribution in [0.2, 0.25) is 5.02 Å². The van der Waals surface area contributed by atoms with E-state index in [0.29, 0.717) is 16.1 Å². The molecule has 1 amide bonds. The molecule has 0 radical (unpaired) electrons. The van der Waals surface area contributed by atoms with Gasteiger partial charge in [0.05, 0.1) is 34.9 Å². The Hall–Kier alpha value is -3.60. The minimum Gasteiger partial charge on any atom is -0.507 e. The molecule has 1 unspecified atom stereocenters. The highest BCUT2D eigenvalue weighted by molar-refractivity contribution is 7.10. The number of benzene rings is 2. The molecule has 0 bridgehead atoms. The molecule has 1 aliphatic rings. The van der Waals surface area contributed by atoms with E-state index >= 15 is 0 Å². The van der Waals surface area contributed by atoms with Crippen LogP contribution in [0.4, 0.5) is 5.69 Å². The van der Waals surface area contributed by atoms with Gasteiger partial charge in [0, 0.05) is 10.6 Å². The Balaban J connectivity index is 1.96. The number of nitriles is 1. The van der Waals surface area contributed by atoms with Gasteiger partial charge in [0.1, 0.15) is 17.6 Å². The summed E-state index contributed by atoms with van der Waals surface area (Å²) in [6.45, 7) is 1.80. The maximum Gasteiger partial charge on any atom is 0.300 e. The Morgan fingerprint density at radius 1 is 1.22 bits per heavy atom. The normalized spacial score (nSPS) is 17.4. The van der Waals surface area contributed by atoms with Crippen LogP contribution < -0.4 is 9.64 Å². The van der Waals surface area contributed by atoms with Gasteiger partial charge in [-0.25, -0.2) is 0 Å². The SMILES string of the molecule is COc1c(Cl)cc(C)cc1/C(O)=C1/C(=O)C(=O)N(c2ccc(C#N)cc2)C1c1cccs1. The van der Waals surface area contributed by atoms with Gasteiger partial charge in [0.2, 0.25) is 0 Å². The number of rotatable bonds is 4. The van der Waals surface area contributed by atoms with Crippen molar-refractivity contribution in [3.8, 4) is 11.8 Å². The molecule has 2 heterocycles. The second-order valence-corrected chi connectivity index (χ2v) is 8.56. The fourth-order valence-electron chi connectivity index (χ4n) is 3.77. The highest BCUT2D eigenvalue weighted by atomic mass is 35.5. The highest BCUT2D eigenvalue weighted by Crippen LogP contribution is 2.45. The summed E-state index contributed by atoms with van der Waals surface area (Å²) in [4.78, 5) is 28.3. The van der Waals surface area contributed by atoms with Crippen LogP contribution in [0.3, 0.4) is 0 Å². The van der Waals surface area contributed by atoms with Gasteiger partial charge in [-0.05, 0) is 60.3 Å². The summed E-state index contributed by atoms with van der Waals surface area (Å²) >= 11 is 7.66. The number of aliphatic hydroxyl groups is 1. The van der Waals surface area contributed by atoms with Crippen LogP contribution in [0, 0.1) is 18.3 Å². The number of methoxy groups -OCH3 is 1. The molecule has 1 fully saturated rings. The topological polar surface area (TPSA) is 90.6 Å². The van der Waals surface area contributed by atoms with Crippen LogP contribution in [0.15, 0.2) is 59.5 Å². The van der Waals surface area contributed by atoms with Crippen molar-refractivity contribution >= 4 is 46.1 Å². The molecule has 8 heteroatoms. The number of amides is 1. The van der Waals surface area contributed by atoms with Crippen molar-refractivity contribution in [1.29, 1.82) is 5.26 Å². The lowest BCUT2D eigenvalue weighted by Gasteiger charge is -2.24. The third-order valence-electron chi connectivity index (χ3n) is 5.18. The molecule has 160 valence electrons. The van der Waals surface area contributed by atoms with E-state index < -0.39 is 17.7 Å². The molecule has 3 aromatic rings. The first-order valence-corrected chi connectivity index (χ1v) is 10.8. The van der Waals surface area contributed by atoms with Crippen molar-refractivity contribution in [2.24, 2.45) is 0 Å². The highest BCUT2D eigenvalue weighted by Gasteiger charge is 2.47. The van der Waals surface area contributed by atoms with Crippen LogP contribution >= 0.6 is 22.9 Å². The largest absolute Gasteiger partial charge is 0.507 e. The Morgan fingerprint density at radius 3 is 2.53 bits per heavy atom. The number of aryl methyl sites for hydroxylation is 1. The van der Waals surface area contributed by atoms with Gasteiger partial charge in [-0.3, -0.25) is 14.5 Å². The van der Waals surface area contributed by atoms with Gasteiger partial charge in [0.25, 0.3) is 11.7 Å². The van der Waals surface area contributed by atoms with Crippen LogP contribution in [-0.4, -0.2) is 23.9 Å². The van der Waals surface area contributed by atoms with Gasteiger partial charge in [-0.15, -0.1) is 11.3 Å². The zero-order valence-electron chi connectivity index (χ0n) is 17.1. The van der Waals surface area contributed by atoms with E-state index in [9.17, 15) is 14.7 Å². The lowest BCUT2D eigenvalue weighted by molar-refractivity contribution is -0.132. The quantitative estimate of drug-likeness (QED) is 0.325. The second-order valence-electron chi connectivity index (χ2n) is 7.17. The Bertz CT molecular complexity index is 1290. The second kappa shape index (κ2) is 8.50. The van der Waals surface area contributed by atoms with Gasteiger partial charge >= 0.3 is 0 Å². The van der Waals surface area contributed by atoms with Gasteiger partial charge < -0.3 is 9.84 Å². The van der Waals surface area contributed by atoms with Crippen molar-refractivity contribution in [2.75, 3.05) is 12.0 Å². The minimum absolute atomic E-state index is 0.0539. The van der Waals surface area contributed by atoms with E-state index in [2.05, 4.69) is 0 Å². The van der Waals surface area contributed by atoms with E-state index in [1.807, 2.05) is 17.5 Å². The summed E-state index contributed by atoms with van der Waals surface area (Å²) in [5.74, 6) is -1.73. The smallest absolute Gasteiger partial charge is 0.300 e. The van der Waals surface area contributed by atoms with Crippen molar-refractivity contribution in [2.45, 2.75) is 13.0 Å². The first-order valence-electron chi connectivity index (χ1n) is 9.56. The lowest BCUT2D eigenvalue weighted by Crippen LogP contribution is -2.29. The zero-order valence-corrected chi connectivity index (χ0v) is 18.7. The van der Waals surface area contributed by atoms with Crippen LogP contribution in [0.5, 0.6) is 5.75 Å². The van der Waals surface area contributed by atoms with Gasteiger partial charge in [-0.1, -0.05) is 17.7 Å². The van der Waals surface area contributed by atoms with Crippen molar-refractivity contribution in [1.82, 2.24) is 0 Å². The number of ether oxygens (including phenoxy) is 1. The standard InChI is InChI=1S/C24H17ClN2O4S/c1-13-10-16(23(31-2)17(25)11-13)21(28)19-20(18-4-3-9-32-18)27(24(30)22(19)29)15-7-5-14(12-26)6-8-15/h3-11,20,28H,1-2H3/b21-19-. The lowest BCUT2D eigenvalue weighted by atomic mass is 9.98. The number of aliphatic hydroxyl groups excluding tert-OH is 1. The third-order valence-corrected chi connectivity index (χ3v) is 6.38. The number of carbonyl (C=O) groups is 2. The Kier molecular flexibility index (Phi) is 5.74. The maximum absolute atomic E-state index is 13.2. The number of ketones is 1. The number of thiophene rings is 1. The fraction of sp³-hybridized carbons (Fsp3) is 0.125.